The van der Waals surface area contributed by atoms with Crippen molar-refractivity contribution in [3.63, 3.8) is 0 Å². The van der Waals surface area contributed by atoms with E-state index in [1.54, 1.807) is 0 Å². The van der Waals surface area contributed by atoms with Crippen LogP contribution in [0.25, 0.3) is 0 Å². The molecule has 3 heterocycles. The van der Waals surface area contributed by atoms with Crippen molar-refractivity contribution in [1.29, 1.82) is 0 Å². The van der Waals surface area contributed by atoms with Gasteiger partial charge in [0.1, 0.15) is 0 Å². The molecular weight excluding hydrogens is 388 g/mol. The lowest BCUT2D eigenvalue weighted by Gasteiger charge is -2.38. The summed E-state index contributed by atoms with van der Waals surface area (Å²) < 4.78 is 17.7. The second kappa shape index (κ2) is 8.00. The lowest BCUT2D eigenvalue weighted by molar-refractivity contribution is -0.0922. The number of morpholine rings is 1. The molecule has 1 fully saturated rings. The quantitative estimate of drug-likeness (QED) is 0.688. The Morgan fingerprint density at radius 3 is 2.48 bits per heavy atom. The maximum absolute atomic E-state index is 6.61. The van der Waals surface area contributed by atoms with E-state index in [4.69, 9.17) is 14.2 Å². The highest BCUT2D eigenvalue weighted by Gasteiger charge is 2.31. The number of benzene rings is 3. The van der Waals surface area contributed by atoms with Crippen molar-refractivity contribution in [2.75, 3.05) is 19.9 Å². The van der Waals surface area contributed by atoms with Gasteiger partial charge in [0.15, 0.2) is 11.5 Å². The lowest BCUT2D eigenvalue weighted by atomic mass is 10.0. The fourth-order valence-corrected chi connectivity index (χ4v) is 4.81. The Labute approximate surface area is 182 Å². The van der Waals surface area contributed by atoms with Crippen molar-refractivity contribution >= 4 is 0 Å². The summed E-state index contributed by atoms with van der Waals surface area (Å²) in [5.74, 6) is 1.61. The summed E-state index contributed by atoms with van der Waals surface area (Å²) in [7, 11) is 0. The van der Waals surface area contributed by atoms with Crippen molar-refractivity contribution in [2.24, 2.45) is 0 Å². The minimum absolute atomic E-state index is 0.0236. The van der Waals surface area contributed by atoms with E-state index in [9.17, 15) is 0 Å². The van der Waals surface area contributed by atoms with Crippen LogP contribution < -0.4 is 14.8 Å². The first-order chi connectivity index (χ1) is 15.3. The van der Waals surface area contributed by atoms with Gasteiger partial charge in [-0.2, -0.15) is 0 Å². The molecule has 1 saturated heterocycles. The third-order valence-electron chi connectivity index (χ3n) is 6.42. The molecule has 5 nitrogen and oxygen atoms in total. The second-order valence-corrected chi connectivity index (χ2v) is 8.54. The summed E-state index contributed by atoms with van der Waals surface area (Å²) in [4.78, 5) is 2.51. The molecule has 6 rings (SSSR count). The lowest BCUT2D eigenvalue weighted by Crippen LogP contribution is -2.39. The van der Waals surface area contributed by atoms with E-state index in [1.807, 2.05) is 6.07 Å². The van der Waals surface area contributed by atoms with Gasteiger partial charge in [-0.05, 0) is 39.9 Å². The number of rotatable bonds is 4. The van der Waals surface area contributed by atoms with Gasteiger partial charge in [-0.3, -0.25) is 4.90 Å². The average Bonchev–Trinajstić information content (AvgIpc) is 3.48. The molecular formula is C26H26N2O3. The van der Waals surface area contributed by atoms with E-state index >= 15 is 0 Å². The standard InChI is InChI=1S/C26H26N2O3/c1-2-4-19(5-3-1)25-15-28(14-18-6-7-21-12-27-13-22(21)10-18)16-26(31-25)20-8-9-23-24(11-20)30-17-29-23/h1-11,25-27H,12-17H2/t25-,26+/m0/s1. The second-order valence-electron chi connectivity index (χ2n) is 8.54. The van der Waals surface area contributed by atoms with Crippen LogP contribution in [0.1, 0.15) is 40.0 Å². The molecule has 3 aliphatic heterocycles. The molecule has 0 saturated carbocycles. The molecule has 0 spiro atoms. The number of hydrogen-bond acceptors (Lipinski definition) is 5. The Balaban J connectivity index is 1.28. The minimum atomic E-state index is -0.0236. The fraction of sp³-hybridized carbons (Fsp3) is 0.308. The van der Waals surface area contributed by atoms with Crippen LogP contribution in [-0.4, -0.2) is 24.8 Å². The van der Waals surface area contributed by atoms with Crippen molar-refractivity contribution in [2.45, 2.75) is 31.8 Å². The molecule has 0 aromatic heterocycles. The predicted octanol–water partition coefficient (Wildman–Crippen LogP) is 4.33. The number of nitrogens with one attached hydrogen (secondary N) is 1. The maximum atomic E-state index is 6.61. The fourth-order valence-electron chi connectivity index (χ4n) is 4.81. The highest BCUT2D eigenvalue weighted by molar-refractivity contribution is 5.45. The normalized spacial score (nSPS) is 22.5. The van der Waals surface area contributed by atoms with Gasteiger partial charge >= 0.3 is 0 Å². The zero-order valence-corrected chi connectivity index (χ0v) is 17.4. The Morgan fingerprint density at radius 2 is 1.58 bits per heavy atom. The highest BCUT2D eigenvalue weighted by atomic mass is 16.7. The molecule has 158 valence electrons. The zero-order valence-electron chi connectivity index (χ0n) is 17.4. The van der Waals surface area contributed by atoms with E-state index in [1.165, 1.54) is 22.3 Å². The Morgan fingerprint density at radius 1 is 0.774 bits per heavy atom. The minimum Gasteiger partial charge on any atom is -0.454 e. The largest absolute Gasteiger partial charge is 0.454 e. The molecule has 0 unspecified atom stereocenters. The monoisotopic (exact) mass is 414 g/mol. The van der Waals surface area contributed by atoms with Crippen LogP contribution in [0.5, 0.6) is 11.5 Å². The topological polar surface area (TPSA) is 43.0 Å². The van der Waals surface area contributed by atoms with Gasteiger partial charge in [0.05, 0.1) is 12.2 Å². The van der Waals surface area contributed by atoms with Gasteiger partial charge in [0, 0.05) is 32.7 Å². The summed E-state index contributed by atoms with van der Waals surface area (Å²) in [5, 5.41) is 3.44. The van der Waals surface area contributed by atoms with E-state index in [0.717, 1.165) is 49.8 Å². The molecule has 0 amide bonds. The van der Waals surface area contributed by atoms with Crippen LogP contribution in [0, 0.1) is 0 Å². The summed E-state index contributed by atoms with van der Waals surface area (Å²) in [6.45, 7) is 4.88. The summed E-state index contributed by atoms with van der Waals surface area (Å²) in [6, 6.07) is 23.6. The van der Waals surface area contributed by atoms with Gasteiger partial charge < -0.3 is 19.5 Å². The van der Waals surface area contributed by atoms with Crippen molar-refractivity contribution in [3.05, 3.63) is 94.5 Å². The molecule has 0 aliphatic carbocycles. The SMILES string of the molecule is c1ccc([C@@H]2CN(Cc3ccc4c(c3)CNC4)C[C@H](c3ccc4c(c3)OCO4)O2)cc1. The number of fused-ring (bicyclic) bond motifs is 2. The van der Waals surface area contributed by atoms with E-state index < -0.39 is 0 Å². The van der Waals surface area contributed by atoms with Crippen molar-refractivity contribution < 1.29 is 14.2 Å². The molecule has 1 N–H and O–H groups in total. The summed E-state index contributed by atoms with van der Waals surface area (Å²) >= 11 is 0. The highest BCUT2D eigenvalue weighted by Crippen LogP contribution is 2.39. The Kier molecular flexibility index (Phi) is 4.87. The predicted molar refractivity (Wildman–Crippen MR) is 118 cm³/mol. The summed E-state index contributed by atoms with van der Waals surface area (Å²) in [6.07, 6.45) is 0.00557. The van der Waals surface area contributed by atoms with Gasteiger partial charge in [0.2, 0.25) is 6.79 Å². The number of hydrogen-bond donors (Lipinski definition) is 1. The molecule has 3 aliphatic rings. The van der Waals surface area contributed by atoms with E-state index in [0.29, 0.717) is 0 Å². The molecule has 3 aromatic carbocycles. The van der Waals surface area contributed by atoms with Gasteiger partial charge in [-0.15, -0.1) is 0 Å². The Bertz CT molecular complexity index is 1090. The Hall–Kier alpha value is -2.86. The third kappa shape index (κ3) is 3.81. The molecule has 0 radical (unpaired) electrons. The van der Waals surface area contributed by atoms with E-state index in [2.05, 4.69) is 70.9 Å². The molecule has 0 bridgehead atoms. The molecule has 3 aromatic rings. The molecule has 2 atom stereocenters. The smallest absolute Gasteiger partial charge is 0.231 e. The first-order valence-corrected chi connectivity index (χ1v) is 11.0. The van der Waals surface area contributed by atoms with Crippen molar-refractivity contribution in [1.82, 2.24) is 10.2 Å². The summed E-state index contributed by atoms with van der Waals surface area (Å²) in [5.41, 5.74) is 6.56. The number of nitrogens with zero attached hydrogens (tertiary/aromatic N) is 1. The maximum Gasteiger partial charge on any atom is 0.231 e. The van der Waals surface area contributed by atoms with Crippen LogP contribution in [0.3, 0.4) is 0 Å². The van der Waals surface area contributed by atoms with Crippen LogP contribution in [0.2, 0.25) is 0 Å². The zero-order chi connectivity index (χ0) is 20.6. The molecule has 31 heavy (non-hydrogen) atoms. The van der Waals surface area contributed by atoms with Gasteiger partial charge in [-0.1, -0.05) is 54.6 Å². The van der Waals surface area contributed by atoms with Gasteiger partial charge in [-0.25, -0.2) is 0 Å². The van der Waals surface area contributed by atoms with Crippen LogP contribution in [0.4, 0.5) is 0 Å². The van der Waals surface area contributed by atoms with Crippen molar-refractivity contribution in [3.8, 4) is 11.5 Å². The number of ether oxygens (including phenoxy) is 3. The van der Waals surface area contributed by atoms with Crippen LogP contribution >= 0.6 is 0 Å². The third-order valence-corrected chi connectivity index (χ3v) is 6.42. The average molecular weight is 415 g/mol. The van der Waals surface area contributed by atoms with Crippen LogP contribution in [-0.2, 0) is 24.4 Å². The van der Waals surface area contributed by atoms with Crippen LogP contribution in [0.15, 0.2) is 66.7 Å². The van der Waals surface area contributed by atoms with Gasteiger partial charge in [0.25, 0.3) is 0 Å². The molecule has 5 heteroatoms. The first-order valence-electron chi connectivity index (χ1n) is 11.0. The van der Waals surface area contributed by atoms with E-state index in [-0.39, 0.29) is 19.0 Å². The first kappa shape index (κ1) is 18.9.